The van der Waals surface area contributed by atoms with Gasteiger partial charge in [0.25, 0.3) is 0 Å². The van der Waals surface area contributed by atoms with Crippen LogP contribution in [0, 0.1) is 0 Å². The number of carbonyl (C=O) groups is 2. The molecule has 1 aromatic carbocycles. The molecule has 0 aromatic heterocycles. The first-order valence-electron chi connectivity index (χ1n) is 10.4. The molecule has 0 saturated heterocycles. The maximum atomic E-state index is 12.2. The summed E-state index contributed by atoms with van der Waals surface area (Å²) in [5.74, 6) is 0.115. The summed E-state index contributed by atoms with van der Waals surface area (Å²) in [6.07, 6.45) is 0.437. The van der Waals surface area contributed by atoms with Crippen LogP contribution in [-0.2, 0) is 9.53 Å². The molecule has 9 heteroatoms. The van der Waals surface area contributed by atoms with Gasteiger partial charge in [-0.05, 0) is 57.7 Å². The molecule has 0 bridgehead atoms. The Morgan fingerprint density at radius 3 is 2.61 bits per heavy atom. The first kappa shape index (κ1) is 27.1. The largest absolute Gasteiger partial charge is 0.493 e. The third kappa shape index (κ3) is 11.9. The summed E-state index contributed by atoms with van der Waals surface area (Å²) in [6.45, 7) is 5.57. The molecule has 1 aromatic rings. The Kier molecular flexibility index (Phi) is 12.4. The number of alkyl carbamates (subject to hydrolysis) is 1. The fourth-order valence-corrected chi connectivity index (χ4v) is 2.90. The number of rotatable bonds is 14. The van der Waals surface area contributed by atoms with Gasteiger partial charge in [-0.15, -0.1) is 11.6 Å². The third-order valence-corrected chi connectivity index (χ3v) is 4.45. The molecule has 3 N–H and O–H groups in total. The molecule has 176 valence electrons. The number of amides is 1. The molecular weight excluding hydrogens is 427 g/mol. The summed E-state index contributed by atoms with van der Waals surface area (Å²) in [6, 6.07) is 6.14. The number of Topliss-reactive ketones (excluding diaryl/α,β-unsaturated/α-hetero) is 1. The lowest BCUT2D eigenvalue weighted by Crippen LogP contribution is -2.40. The Hall–Kier alpha value is -1.90. The van der Waals surface area contributed by atoms with E-state index in [0.717, 1.165) is 0 Å². The van der Waals surface area contributed by atoms with Crippen LogP contribution in [0.5, 0.6) is 5.75 Å². The SMILES string of the molecule is CC(C)(C)OC(=O)NCCCC[C@H](NC(O)c1cccc(OCCCF)c1)C(=O)CCl. The second-order valence-electron chi connectivity index (χ2n) is 8.11. The zero-order valence-electron chi connectivity index (χ0n) is 18.5. The topological polar surface area (TPSA) is 96.9 Å². The van der Waals surface area contributed by atoms with Crippen LogP contribution in [0.4, 0.5) is 9.18 Å². The normalized spacial score (nSPS) is 13.4. The van der Waals surface area contributed by atoms with Crippen molar-refractivity contribution in [1.29, 1.82) is 0 Å². The molecule has 0 aliphatic carbocycles. The van der Waals surface area contributed by atoms with E-state index in [1.807, 2.05) is 0 Å². The van der Waals surface area contributed by atoms with E-state index in [4.69, 9.17) is 21.1 Å². The van der Waals surface area contributed by atoms with Crippen LogP contribution in [0.3, 0.4) is 0 Å². The van der Waals surface area contributed by atoms with Crippen molar-refractivity contribution in [1.82, 2.24) is 10.6 Å². The number of aliphatic hydroxyl groups excluding tert-OH is 1. The highest BCUT2D eigenvalue weighted by atomic mass is 35.5. The second-order valence-corrected chi connectivity index (χ2v) is 8.38. The van der Waals surface area contributed by atoms with Gasteiger partial charge >= 0.3 is 6.09 Å². The summed E-state index contributed by atoms with van der Waals surface area (Å²) < 4.78 is 22.8. The first-order chi connectivity index (χ1) is 14.7. The average molecular weight is 461 g/mol. The number of nitrogens with one attached hydrogen (secondary N) is 2. The molecule has 0 aliphatic heterocycles. The summed E-state index contributed by atoms with van der Waals surface area (Å²) >= 11 is 5.72. The predicted molar refractivity (Wildman–Crippen MR) is 118 cm³/mol. The zero-order valence-corrected chi connectivity index (χ0v) is 19.2. The standard InChI is InChI=1S/C22H34ClFN2O5/c1-22(2,3)31-21(29)25-12-5-4-10-18(19(27)15-23)26-20(28)16-8-6-9-17(14-16)30-13-7-11-24/h6,8-9,14,18,20,26,28H,4-5,7,10-13,15H2,1-3H3,(H,25,29)/t18-,20?/m0/s1. The number of ether oxygens (including phenoxy) is 2. The van der Waals surface area contributed by atoms with Crippen molar-refractivity contribution in [3.63, 3.8) is 0 Å². The molecule has 0 saturated carbocycles. The van der Waals surface area contributed by atoms with Gasteiger partial charge < -0.3 is 19.9 Å². The molecule has 0 heterocycles. The molecule has 1 amide bonds. The minimum atomic E-state index is -1.10. The van der Waals surface area contributed by atoms with Gasteiger partial charge in [-0.2, -0.15) is 0 Å². The van der Waals surface area contributed by atoms with Crippen LogP contribution in [0.1, 0.15) is 58.2 Å². The zero-order chi connectivity index (χ0) is 23.3. The van der Waals surface area contributed by atoms with Gasteiger partial charge in [0, 0.05) is 13.0 Å². The number of ketones is 1. The van der Waals surface area contributed by atoms with E-state index in [9.17, 15) is 19.1 Å². The predicted octanol–water partition coefficient (Wildman–Crippen LogP) is 3.88. The van der Waals surface area contributed by atoms with Crippen molar-refractivity contribution in [2.75, 3.05) is 25.7 Å². The first-order valence-corrected chi connectivity index (χ1v) is 11.0. The van der Waals surface area contributed by atoms with E-state index in [0.29, 0.717) is 43.5 Å². The minimum absolute atomic E-state index is 0.174. The molecule has 0 spiro atoms. The van der Waals surface area contributed by atoms with Crippen molar-refractivity contribution in [2.45, 2.75) is 64.3 Å². The van der Waals surface area contributed by atoms with Crippen LogP contribution >= 0.6 is 11.6 Å². The van der Waals surface area contributed by atoms with Crippen molar-refractivity contribution in [3.8, 4) is 5.75 Å². The fourth-order valence-electron chi connectivity index (χ4n) is 2.71. The number of halogens is 2. The monoisotopic (exact) mass is 460 g/mol. The summed E-state index contributed by atoms with van der Waals surface area (Å²) in [5, 5.41) is 16.1. The molecule has 1 unspecified atom stereocenters. The molecule has 1 rings (SSSR count). The molecule has 31 heavy (non-hydrogen) atoms. The molecule has 7 nitrogen and oxygen atoms in total. The summed E-state index contributed by atoms with van der Waals surface area (Å²) in [7, 11) is 0. The quantitative estimate of drug-likeness (QED) is 0.221. The number of benzene rings is 1. The van der Waals surface area contributed by atoms with Gasteiger partial charge in [0.05, 0.1) is 25.2 Å². The van der Waals surface area contributed by atoms with Gasteiger partial charge in [0.15, 0.2) is 5.78 Å². The molecule has 0 fully saturated rings. The van der Waals surface area contributed by atoms with Gasteiger partial charge in [0.2, 0.25) is 0 Å². The summed E-state index contributed by atoms with van der Waals surface area (Å²) in [5.41, 5.74) is -0.0332. The molecule has 0 aliphatic rings. The number of hydrogen-bond donors (Lipinski definition) is 3. The van der Waals surface area contributed by atoms with Gasteiger partial charge in [-0.3, -0.25) is 14.5 Å². The van der Waals surface area contributed by atoms with Gasteiger partial charge in [-0.1, -0.05) is 12.1 Å². The summed E-state index contributed by atoms with van der Waals surface area (Å²) in [4.78, 5) is 23.8. The van der Waals surface area contributed by atoms with Crippen LogP contribution in [0.15, 0.2) is 24.3 Å². The lowest BCUT2D eigenvalue weighted by atomic mass is 10.0. The minimum Gasteiger partial charge on any atom is -0.493 e. The smallest absolute Gasteiger partial charge is 0.407 e. The number of aliphatic hydroxyl groups is 1. The number of unbranched alkanes of at least 4 members (excludes halogenated alkanes) is 1. The molecular formula is C22H34ClFN2O5. The Balaban J connectivity index is 2.52. The van der Waals surface area contributed by atoms with E-state index >= 15 is 0 Å². The highest BCUT2D eigenvalue weighted by Gasteiger charge is 2.21. The van der Waals surface area contributed by atoms with Crippen molar-refractivity contribution in [2.24, 2.45) is 0 Å². The Morgan fingerprint density at radius 2 is 1.97 bits per heavy atom. The van der Waals surface area contributed by atoms with Crippen LogP contribution < -0.4 is 15.4 Å². The van der Waals surface area contributed by atoms with E-state index in [2.05, 4.69) is 10.6 Å². The van der Waals surface area contributed by atoms with E-state index in [-0.39, 0.29) is 18.3 Å². The van der Waals surface area contributed by atoms with Crippen molar-refractivity contribution >= 4 is 23.5 Å². The highest BCUT2D eigenvalue weighted by Crippen LogP contribution is 2.19. The van der Waals surface area contributed by atoms with Crippen molar-refractivity contribution in [3.05, 3.63) is 29.8 Å². The highest BCUT2D eigenvalue weighted by molar-refractivity contribution is 6.28. The second kappa shape index (κ2) is 14.2. The number of carbonyl (C=O) groups excluding carboxylic acids is 2. The van der Waals surface area contributed by atoms with Crippen molar-refractivity contribution < 1.29 is 28.6 Å². The van der Waals surface area contributed by atoms with E-state index in [1.54, 1.807) is 45.0 Å². The lowest BCUT2D eigenvalue weighted by Gasteiger charge is -2.22. The molecule has 0 radical (unpaired) electrons. The average Bonchev–Trinajstić information content (AvgIpc) is 2.71. The van der Waals surface area contributed by atoms with Crippen LogP contribution in [-0.4, -0.2) is 54.3 Å². The van der Waals surface area contributed by atoms with Gasteiger partial charge in [0.1, 0.15) is 17.6 Å². The number of hydrogen-bond acceptors (Lipinski definition) is 6. The van der Waals surface area contributed by atoms with Crippen LogP contribution in [0.25, 0.3) is 0 Å². The lowest BCUT2D eigenvalue weighted by molar-refractivity contribution is -0.119. The van der Waals surface area contributed by atoms with Crippen LogP contribution in [0.2, 0.25) is 0 Å². The Morgan fingerprint density at radius 1 is 1.23 bits per heavy atom. The Labute approximate surface area is 188 Å². The maximum absolute atomic E-state index is 12.2. The maximum Gasteiger partial charge on any atom is 0.407 e. The Bertz CT molecular complexity index is 684. The van der Waals surface area contributed by atoms with Gasteiger partial charge in [-0.25, -0.2) is 4.79 Å². The molecule has 2 atom stereocenters. The van der Waals surface area contributed by atoms with E-state index < -0.39 is 30.6 Å². The third-order valence-electron chi connectivity index (χ3n) is 4.19. The van der Waals surface area contributed by atoms with E-state index in [1.165, 1.54) is 0 Å². The fraction of sp³-hybridized carbons (Fsp3) is 0.636. The number of alkyl halides is 2.